The average Bonchev–Trinajstić information content (AvgIpc) is 2.64. The van der Waals surface area contributed by atoms with Crippen LogP contribution in [0, 0.1) is 0 Å². The van der Waals surface area contributed by atoms with Crippen molar-refractivity contribution >= 4 is 33.2 Å². The molecule has 1 amide bonds. The van der Waals surface area contributed by atoms with Gasteiger partial charge in [0.05, 0.1) is 19.1 Å². The van der Waals surface area contributed by atoms with Gasteiger partial charge in [0.25, 0.3) is 0 Å². The lowest BCUT2D eigenvalue weighted by molar-refractivity contribution is -0.122. The Morgan fingerprint density at radius 3 is 2.33 bits per heavy atom. The number of nitrogens with zero attached hydrogens (tertiary/aromatic N) is 1. The summed E-state index contributed by atoms with van der Waals surface area (Å²) in [6.07, 6.45) is 1.40. The predicted octanol–water partition coefficient (Wildman–Crippen LogP) is 3.21. The Morgan fingerprint density at radius 1 is 1.19 bits per heavy atom. The number of halogens is 1. The molecular weight excluding hydrogens is 388 g/mol. The summed E-state index contributed by atoms with van der Waals surface area (Å²) in [4.78, 5) is 12.8. The number of hydrogen-bond acceptors (Lipinski definition) is 4. The van der Waals surface area contributed by atoms with Crippen molar-refractivity contribution in [2.45, 2.75) is 25.9 Å². The third-order valence-electron chi connectivity index (χ3n) is 4.07. The van der Waals surface area contributed by atoms with E-state index in [1.165, 1.54) is 7.11 Å². The number of ether oxygens (including phenoxy) is 1. The minimum Gasteiger partial charge on any atom is -0.497 e. The highest BCUT2D eigenvalue weighted by atomic mass is 35.5. The Kier molecular flexibility index (Phi) is 7.10. The van der Waals surface area contributed by atoms with E-state index in [-0.39, 0.29) is 6.54 Å². The van der Waals surface area contributed by atoms with E-state index in [0.29, 0.717) is 22.9 Å². The molecule has 2 aromatic rings. The molecule has 0 heterocycles. The Bertz CT molecular complexity index is 885. The summed E-state index contributed by atoms with van der Waals surface area (Å²) < 4.78 is 31.1. The average molecular weight is 411 g/mol. The van der Waals surface area contributed by atoms with Gasteiger partial charge in [-0.05, 0) is 42.3 Å². The molecule has 2 aromatic carbocycles. The number of methoxy groups -OCH3 is 1. The van der Waals surface area contributed by atoms with Crippen LogP contribution in [0.3, 0.4) is 0 Å². The summed E-state index contributed by atoms with van der Waals surface area (Å²) in [5, 5.41) is 3.32. The number of carbonyl (C=O) groups excluding carboxylic acids is 1. The highest BCUT2D eigenvalue weighted by Gasteiger charge is 2.31. The van der Waals surface area contributed by atoms with E-state index in [9.17, 15) is 13.2 Å². The molecule has 1 N–H and O–H groups in total. The standard InChI is InChI=1S/C19H23ClN2O4S/c1-4-18(19(23)21-13-14-7-5-6-8-17(14)20)22(27(3,24)25)15-9-11-16(26-2)12-10-15/h5-12,18H,4,13H2,1-3H3,(H,21,23)/t18-/m0/s1. The zero-order chi connectivity index (χ0) is 20.0. The second-order valence-electron chi connectivity index (χ2n) is 5.99. The lowest BCUT2D eigenvalue weighted by Crippen LogP contribution is -2.49. The number of carbonyl (C=O) groups is 1. The Morgan fingerprint density at radius 2 is 1.81 bits per heavy atom. The van der Waals surface area contributed by atoms with Crippen LogP contribution in [0.15, 0.2) is 48.5 Å². The molecule has 6 nitrogen and oxygen atoms in total. The van der Waals surface area contributed by atoms with Gasteiger partial charge in [-0.25, -0.2) is 8.42 Å². The number of hydrogen-bond donors (Lipinski definition) is 1. The predicted molar refractivity (Wildman–Crippen MR) is 108 cm³/mol. The van der Waals surface area contributed by atoms with Crippen LogP contribution in [0.1, 0.15) is 18.9 Å². The molecule has 0 radical (unpaired) electrons. The highest BCUT2D eigenvalue weighted by Crippen LogP contribution is 2.25. The molecule has 0 saturated carbocycles. The van der Waals surface area contributed by atoms with Gasteiger partial charge in [-0.15, -0.1) is 0 Å². The maximum absolute atomic E-state index is 12.8. The first kappa shape index (κ1) is 21.1. The normalized spacial score (nSPS) is 12.3. The summed E-state index contributed by atoms with van der Waals surface area (Å²) in [5.41, 5.74) is 1.16. The van der Waals surface area contributed by atoms with Crippen molar-refractivity contribution in [3.8, 4) is 5.75 Å². The van der Waals surface area contributed by atoms with Crippen molar-refractivity contribution in [3.63, 3.8) is 0 Å². The molecule has 8 heteroatoms. The van der Waals surface area contributed by atoms with Crippen LogP contribution in [-0.4, -0.2) is 33.7 Å². The van der Waals surface area contributed by atoms with Crippen LogP contribution in [0.5, 0.6) is 5.75 Å². The zero-order valence-electron chi connectivity index (χ0n) is 15.5. The van der Waals surface area contributed by atoms with Crippen LogP contribution in [0.25, 0.3) is 0 Å². The second kappa shape index (κ2) is 9.10. The van der Waals surface area contributed by atoms with Gasteiger partial charge in [0, 0.05) is 11.6 Å². The number of sulfonamides is 1. The van der Waals surface area contributed by atoms with Gasteiger partial charge in [0.15, 0.2) is 0 Å². The van der Waals surface area contributed by atoms with Gasteiger partial charge in [-0.2, -0.15) is 0 Å². The van der Waals surface area contributed by atoms with Crippen molar-refractivity contribution in [3.05, 3.63) is 59.1 Å². The van der Waals surface area contributed by atoms with Crippen molar-refractivity contribution in [2.75, 3.05) is 17.7 Å². The first-order valence-corrected chi connectivity index (χ1v) is 10.6. The molecule has 0 aliphatic carbocycles. The third-order valence-corrected chi connectivity index (χ3v) is 5.62. The fraction of sp³-hybridized carbons (Fsp3) is 0.316. The second-order valence-corrected chi connectivity index (χ2v) is 8.26. The van der Waals surface area contributed by atoms with E-state index < -0.39 is 22.0 Å². The molecule has 146 valence electrons. The fourth-order valence-corrected chi connectivity index (χ4v) is 4.15. The van der Waals surface area contributed by atoms with E-state index in [4.69, 9.17) is 16.3 Å². The van der Waals surface area contributed by atoms with Crippen LogP contribution in [0.2, 0.25) is 5.02 Å². The van der Waals surface area contributed by atoms with Crippen LogP contribution >= 0.6 is 11.6 Å². The molecule has 0 aliphatic rings. The molecule has 0 aliphatic heterocycles. The molecule has 2 rings (SSSR count). The SMILES string of the molecule is CC[C@@H](C(=O)NCc1ccccc1Cl)N(c1ccc(OC)cc1)S(C)(=O)=O. The molecule has 0 bridgehead atoms. The molecule has 0 saturated heterocycles. The number of nitrogens with one attached hydrogen (secondary N) is 1. The molecular formula is C19H23ClN2O4S. The Labute approximate surface area is 165 Å². The van der Waals surface area contributed by atoms with E-state index in [0.717, 1.165) is 16.1 Å². The maximum Gasteiger partial charge on any atom is 0.244 e. The van der Waals surface area contributed by atoms with E-state index in [1.807, 2.05) is 6.07 Å². The minimum atomic E-state index is -3.68. The fourth-order valence-electron chi connectivity index (χ4n) is 2.73. The van der Waals surface area contributed by atoms with Gasteiger partial charge >= 0.3 is 0 Å². The smallest absolute Gasteiger partial charge is 0.244 e. The van der Waals surface area contributed by atoms with Gasteiger partial charge in [0.1, 0.15) is 11.8 Å². The van der Waals surface area contributed by atoms with Gasteiger partial charge in [0.2, 0.25) is 15.9 Å². The lowest BCUT2D eigenvalue weighted by Gasteiger charge is -2.30. The third kappa shape index (κ3) is 5.37. The molecule has 0 aromatic heterocycles. The first-order chi connectivity index (χ1) is 12.8. The maximum atomic E-state index is 12.8. The Balaban J connectivity index is 2.26. The monoisotopic (exact) mass is 410 g/mol. The molecule has 0 unspecified atom stereocenters. The molecule has 0 fully saturated rings. The summed E-state index contributed by atoms with van der Waals surface area (Å²) in [6.45, 7) is 1.98. The van der Waals surface area contributed by atoms with E-state index in [1.54, 1.807) is 49.4 Å². The number of anilines is 1. The van der Waals surface area contributed by atoms with Crippen molar-refractivity contribution in [1.82, 2.24) is 5.32 Å². The highest BCUT2D eigenvalue weighted by molar-refractivity contribution is 7.92. The number of benzene rings is 2. The summed E-state index contributed by atoms with van der Waals surface area (Å²) >= 11 is 6.11. The zero-order valence-corrected chi connectivity index (χ0v) is 17.0. The minimum absolute atomic E-state index is 0.217. The van der Waals surface area contributed by atoms with Crippen molar-refractivity contribution in [2.24, 2.45) is 0 Å². The lowest BCUT2D eigenvalue weighted by atomic mass is 10.1. The summed E-state index contributed by atoms with van der Waals surface area (Å²) in [7, 11) is -2.15. The Hall–Kier alpha value is -2.25. The molecule has 27 heavy (non-hydrogen) atoms. The van der Waals surface area contributed by atoms with Gasteiger partial charge < -0.3 is 10.1 Å². The number of amides is 1. The largest absolute Gasteiger partial charge is 0.497 e. The van der Waals surface area contributed by atoms with Crippen molar-refractivity contribution in [1.29, 1.82) is 0 Å². The van der Waals surface area contributed by atoms with Gasteiger partial charge in [-0.1, -0.05) is 36.7 Å². The quantitative estimate of drug-likeness (QED) is 0.725. The molecule has 1 atom stereocenters. The van der Waals surface area contributed by atoms with Crippen LogP contribution in [0.4, 0.5) is 5.69 Å². The number of rotatable bonds is 8. The van der Waals surface area contributed by atoms with Crippen molar-refractivity contribution < 1.29 is 17.9 Å². The first-order valence-electron chi connectivity index (χ1n) is 8.42. The van der Waals surface area contributed by atoms with E-state index >= 15 is 0 Å². The van der Waals surface area contributed by atoms with Crippen LogP contribution < -0.4 is 14.4 Å². The summed E-state index contributed by atoms with van der Waals surface area (Å²) in [6, 6.07) is 12.8. The topological polar surface area (TPSA) is 75.7 Å². The van der Waals surface area contributed by atoms with E-state index in [2.05, 4.69) is 5.32 Å². The summed E-state index contributed by atoms with van der Waals surface area (Å²) in [5.74, 6) is 0.210. The van der Waals surface area contributed by atoms with Gasteiger partial charge in [-0.3, -0.25) is 9.10 Å². The molecule has 0 spiro atoms. The van der Waals surface area contributed by atoms with Crippen LogP contribution in [-0.2, 0) is 21.4 Å².